The molecule has 1 unspecified atom stereocenters. The molecular formula is C14H17ClO4. The van der Waals surface area contributed by atoms with Crippen LogP contribution in [0.25, 0.3) is 0 Å². The lowest BCUT2D eigenvalue weighted by Crippen LogP contribution is -2.27. The van der Waals surface area contributed by atoms with Crippen LogP contribution in [0.5, 0.6) is 0 Å². The second kappa shape index (κ2) is 7.79. The maximum atomic E-state index is 11.8. The Balaban J connectivity index is 2.59. The van der Waals surface area contributed by atoms with Crippen molar-refractivity contribution >= 4 is 23.5 Å². The maximum Gasteiger partial charge on any atom is 0.320 e. The molecule has 0 N–H and O–H groups in total. The van der Waals surface area contributed by atoms with Gasteiger partial charge in [-0.25, -0.2) is 0 Å². The smallest absolute Gasteiger partial charge is 0.320 e. The van der Waals surface area contributed by atoms with Crippen molar-refractivity contribution in [2.45, 2.75) is 26.9 Å². The van der Waals surface area contributed by atoms with Crippen molar-refractivity contribution in [1.29, 1.82) is 0 Å². The van der Waals surface area contributed by atoms with Crippen LogP contribution >= 0.6 is 11.6 Å². The van der Waals surface area contributed by atoms with E-state index >= 15 is 0 Å². The summed E-state index contributed by atoms with van der Waals surface area (Å²) in [5.74, 6) is -2.00. The quantitative estimate of drug-likeness (QED) is 0.595. The monoisotopic (exact) mass is 284 g/mol. The Bertz CT molecular complexity index is 445. The summed E-state index contributed by atoms with van der Waals surface area (Å²) in [7, 11) is 0. The zero-order chi connectivity index (χ0) is 14.3. The van der Waals surface area contributed by atoms with Crippen LogP contribution in [0.3, 0.4) is 0 Å². The van der Waals surface area contributed by atoms with E-state index in [1.54, 1.807) is 38.1 Å². The van der Waals surface area contributed by atoms with E-state index in [1.165, 1.54) is 0 Å². The Morgan fingerprint density at radius 3 is 2.37 bits per heavy atom. The summed E-state index contributed by atoms with van der Waals surface area (Å²) in [6.45, 7) is 3.72. The van der Waals surface area contributed by atoms with Crippen molar-refractivity contribution in [2.75, 3.05) is 6.61 Å². The molecule has 0 amide bonds. The molecule has 19 heavy (non-hydrogen) atoms. The number of benzene rings is 1. The van der Waals surface area contributed by atoms with E-state index in [2.05, 4.69) is 0 Å². The molecule has 4 nitrogen and oxygen atoms in total. The summed E-state index contributed by atoms with van der Waals surface area (Å²) >= 11 is 5.95. The Morgan fingerprint density at radius 2 is 1.79 bits per heavy atom. The molecule has 104 valence electrons. The number of esters is 2. The molecule has 0 aliphatic rings. The fraction of sp³-hybridized carbons (Fsp3) is 0.429. The highest BCUT2D eigenvalue weighted by Crippen LogP contribution is 2.17. The fourth-order valence-corrected chi connectivity index (χ4v) is 1.73. The highest BCUT2D eigenvalue weighted by atomic mass is 35.5. The SMILES string of the molecule is CCOC(=O)C(CC)C(=O)OCc1ccccc1Cl. The summed E-state index contributed by atoms with van der Waals surface area (Å²) < 4.78 is 9.93. The van der Waals surface area contributed by atoms with E-state index < -0.39 is 17.9 Å². The van der Waals surface area contributed by atoms with Crippen LogP contribution in [0.4, 0.5) is 0 Å². The molecule has 1 aromatic carbocycles. The Kier molecular flexibility index (Phi) is 6.36. The molecule has 0 aliphatic carbocycles. The zero-order valence-electron chi connectivity index (χ0n) is 11.0. The Labute approximate surface area is 117 Å². The lowest BCUT2D eigenvalue weighted by molar-refractivity contribution is -0.162. The first-order chi connectivity index (χ1) is 9.10. The van der Waals surface area contributed by atoms with E-state index in [0.717, 1.165) is 0 Å². The lowest BCUT2D eigenvalue weighted by Gasteiger charge is -2.13. The van der Waals surface area contributed by atoms with Gasteiger partial charge in [0, 0.05) is 10.6 Å². The van der Waals surface area contributed by atoms with E-state index in [1.807, 2.05) is 0 Å². The van der Waals surface area contributed by atoms with Gasteiger partial charge in [0.25, 0.3) is 0 Å². The first-order valence-electron chi connectivity index (χ1n) is 6.16. The molecule has 0 aromatic heterocycles. The van der Waals surface area contributed by atoms with Gasteiger partial charge in [-0.15, -0.1) is 0 Å². The summed E-state index contributed by atoms with van der Waals surface area (Å²) in [6, 6.07) is 7.08. The second-order valence-electron chi connectivity index (χ2n) is 3.91. The number of carbonyl (C=O) groups is 2. The molecular weight excluding hydrogens is 268 g/mol. The van der Waals surface area contributed by atoms with E-state index in [-0.39, 0.29) is 13.2 Å². The van der Waals surface area contributed by atoms with E-state index in [9.17, 15) is 9.59 Å². The van der Waals surface area contributed by atoms with E-state index in [4.69, 9.17) is 21.1 Å². The molecule has 0 saturated carbocycles. The topological polar surface area (TPSA) is 52.6 Å². The second-order valence-corrected chi connectivity index (χ2v) is 4.32. The van der Waals surface area contributed by atoms with Gasteiger partial charge in [0.15, 0.2) is 5.92 Å². The number of hydrogen-bond donors (Lipinski definition) is 0. The molecule has 0 radical (unpaired) electrons. The average molecular weight is 285 g/mol. The van der Waals surface area contributed by atoms with Crippen molar-refractivity contribution in [3.05, 3.63) is 34.9 Å². The highest BCUT2D eigenvalue weighted by Gasteiger charge is 2.27. The number of halogens is 1. The maximum absolute atomic E-state index is 11.8. The molecule has 0 spiro atoms. The Hall–Kier alpha value is -1.55. The van der Waals surface area contributed by atoms with Crippen LogP contribution < -0.4 is 0 Å². The minimum Gasteiger partial charge on any atom is -0.465 e. The average Bonchev–Trinajstić information content (AvgIpc) is 2.39. The third-order valence-corrected chi connectivity index (χ3v) is 2.96. The number of carbonyl (C=O) groups excluding carboxylic acids is 2. The van der Waals surface area contributed by atoms with Gasteiger partial charge < -0.3 is 9.47 Å². The van der Waals surface area contributed by atoms with Crippen molar-refractivity contribution in [3.63, 3.8) is 0 Å². The summed E-state index contributed by atoms with van der Waals surface area (Å²) in [4.78, 5) is 23.4. The van der Waals surface area contributed by atoms with Gasteiger partial charge >= 0.3 is 11.9 Å². The largest absolute Gasteiger partial charge is 0.465 e. The van der Waals surface area contributed by atoms with Crippen molar-refractivity contribution < 1.29 is 19.1 Å². The van der Waals surface area contributed by atoms with Gasteiger partial charge in [-0.3, -0.25) is 9.59 Å². The molecule has 0 bridgehead atoms. The predicted octanol–water partition coefficient (Wildman–Crippen LogP) is 2.97. The molecule has 0 heterocycles. The molecule has 5 heteroatoms. The van der Waals surface area contributed by atoms with Gasteiger partial charge in [0.2, 0.25) is 0 Å². The third-order valence-electron chi connectivity index (χ3n) is 2.59. The van der Waals surface area contributed by atoms with Gasteiger partial charge in [0.1, 0.15) is 6.61 Å². The molecule has 0 aliphatic heterocycles. The molecule has 0 fully saturated rings. The van der Waals surface area contributed by atoms with Crippen molar-refractivity contribution in [1.82, 2.24) is 0 Å². The summed E-state index contributed by atoms with van der Waals surface area (Å²) in [6.07, 6.45) is 0.347. The predicted molar refractivity (Wildman–Crippen MR) is 71.7 cm³/mol. The number of rotatable bonds is 6. The first kappa shape index (κ1) is 15.5. The zero-order valence-corrected chi connectivity index (χ0v) is 11.8. The van der Waals surface area contributed by atoms with Crippen LogP contribution in [0, 0.1) is 5.92 Å². The van der Waals surface area contributed by atoms with E-state index in [0.29, 0.717) is 17.0 Å². The van der Waals surface area contributed by atoms with Gasteiger partial charge in [-0.2, -0.15) is 0 Å². The van der Waals surface area contributed by atoms with Crippen molar-refractivity contribution in [2.24, 2.45) is 5.92 Å². The number of hydrogen-bond acceptors (Lipinski definition) is 4. The summed E-state index contributed by atoms with van der Waals surface area (Å²) in [5.41, 5.74) is 0.705. The van der Waals surface area contributed by atoms with Crippen LogP contribution in [-0.4, -0.2) is 18.5 Å². The van der Waals surface area contributed by atoms with Crippen LogP contribution in [0.2, 0.25) is 5.02 Å². The van der Waals surface area contributed by atoms with Crippen molar-refractivity contribution in [3.8, 4) is 0 Å². The molecule has 1 rings (SSSR count). The van der Waals surface area contributed by atoms with Gasteiger partial charge in [0.05, 0.1) is 6.61 Å². The van der Waals surface area contributed by atoms with Gasteiger partial charge in [-0.05, 0) is 19.4 Å². The fourth-order valence-electron chi connectivity index (χ4n) is 1.54. The van der Waals surface area contributed by atoms with Crippen LogP contribution in [0.15, 0.2) is 24.3 Å². The normalized spacial score (nSPS) is 11.7. The van der Waals surface area contributed by atoms with Crippen LogP contribution in [0.1, 0.15) is 25.8 Å². The molecule has 1 atom stereocenters. The summed E-state index contributed by atoms with van der Waals surface area (Å²) in [5, 5.41) is 0.527. The standard InChI is InChI=1S/C14H17ClO4/c1-3-11(13(16)18-4-2)14(17)19-9-10-7-5-6-8-12(10)15/h5-8,11H,3-4,9H2,1-2H3. The third kappa shape index (κ3) is 4.56. The lowest BCUT2D eigenvalue weighted by atomic mass is 10.1. The van der Waals surface area contributed by atoms with Crippen LogP contribution in [-0.2, 0) is 25.7 Å². The first-order valence-corrected chi connectivity index (χ1v) is 6.54. The molecule has 1 aromatic rings. The minimum absolute atomic E-state index is 0.0500. The molecule has 0 saturated heterocycles. The Morgan fingerprint density at radius 1 is 1.16 bits per heavy atom. The minimum atomic E-state index is -0.873. The number of ether oxygens (including phenoxy) is 2. The van der Waals surface area contributed by atoms with Gasteiger partial charge in [-0.1, -0.05) is 36.7 Å². The highest BCUT2D eigenvalue weighted by molar-refractivity contribution is 6.31.